The van der Waals surface area contributed by atoms with E-state index in [2.05, 4.69) is 16.0 Å². The zero-order valence-corrected chi connectivity index (χ0v) is 22.5. The number of nitrogens with one attached hydrogen (secondary N) is 3. The first-order chi connectivity index (χ1) is 19.7. The minimum atomic E-state index is -1.56. The van der Waals surface area contributed by atoms with Gasteiger partial charge in [-0.3, -0.25) is 24.0 Å². The lowest BCUT2D eigenvalue weighted by molar-refractivity contribution is -0.142. The highest BCUT2D eigenvalue weighted by atomic mass is 16.4. The van der Waals surface area contributed by atoms with Crippen LogP contribution in [0.3, 0.4) is 0 Å². The lowest BCUT2D eigenvalue weighted by atomic mass is 10.0. The molecule has 4 unspecified atom stereocenters. The first-order valence-corrected chi connectivity index (χ1v) is 12.8. The highest BCUT2D eigenvalue weighted by Gasteiger charge is 2.31. The van der Waals surface area contributed by atoms with E-state index in [1.165, 1.54) is 48.5 Å². The summed E-state index contributed by atoms with van der Waals surface area (Å²) in [5, 5.41) is 35.8. The van der Waals surface area contributed by atoms with Crippen molar-refractivity contribution >= 4 is 35.5 Å². The maximum absolute atomic E-state index is 13.3. The first-order valence-electron chi connectivity index (χ1n) is 12.8. The van der Waals surface area contributed by atoms with Gasteiger partial charge < -0.3 is 48.5 Å². The van der Waals surface area contributed by atoms with Crippen LogP contribution in [0.5, 0.6) is 11.5 Å². The molecule has 0 saturated heterocycles. The molecular formula is C27H34N6O9. The van der Waals surface area contributed by atoms with Crippen LogP contribution in [0, 0.1) is 0 Å². The Bertz CT molecular complexity index is 1280. The average Bonchev–Trinajstić information content (AvgIpc) is 2.92. The smallest absolute Gasteiger partial charge is 0.326 e. The third kappa shape index (κ3) is 11.1. The third-order valence-electron chi connectivity index (χ3n) is 6.08. The van der Waals surface area contributed by atoms with Gasteiger partial charge in [0, 0.05) is 19.3 Å². The number of phenols is 2. The number of carbonyl (C=O) groups is 6. The summed E-state index contributed by atoms with van der Waals surface area (Å²) in [6.07, 6.45) is -1.31. The number of amides is 5. The van der Waals surface area contributed by atoms with Crippen LogP contribution in [-0.4, -0.2) is 75.0 Å². The Morgan fingerprint density at radius 3 is 1.52 bits per heavy atom. The molecule has 4 atom stereocenters. The molecule has 0 fully saturated rings. The molecule has 0 aromatic heterocycles. The predicted molar refractivity (Wildman–Crippen MR) is 147 cm³/mol. The Morgan fingerprint density at radius 2 is 1.07 bits per heavy atom. The highest BCUT2D eigenvalue weighted by Crippen LogP contribution is 2.14. The van der Waals surface area contributed by atoms with Gasteiger partial charge in [0.05, 0.1) is 12.5 Å². The number of benzene rings is 2. The second kappa shape index (κ2) is 15.6. The molecule has 0 saturated carbocycles. The summed E-state index contributed by atoms with van der Waals surface area (Å²) in [7, 11) is 0. The predicted octanol–water partition coefficient (Wildman–Crippen LogP) is -2.11. The Kier molecular flexibility index (Phi) is 12.2. The summed E-state index contributed by atoms with van der Waals surface area (Å²) in [5.74, 6) is -5.87. The summed E-state index contributed by atoms with van der Waals surface area (Å²) < 4.78 is 0. The van der Waals surface area contributed by atoms with Crippen LogP contribution >= 0.6 is 0 Å². The number of phenolic OH excluding ortho intramolecular Hbond substituents is 2. The van der Waals surface area contributed by atoms with Crippen molar-refractivity contribution in [3.8, 4) is 11.5 Å². The van der Waals surface area contributed by atoms with E-state index in [1.807, 2.05) is 0 Å². The number of aromatic hydroxyl groups is 2. The number of carbonyl (C=O) groups excluding carboxylic acids is 5. The van der Waals surface area contributed by atoms with E-state index in [9.17, 15) is 44.1 Å². The standard InChI is InChI=1S/C27H34N6O9/c28-18(9-10-22(29)36)24(38)31-20(13-23(30)37)26(40)32-19(11-14-1-5-16(34)6-2-14)25(39)33-21(27(41)42)12-15-3-7-17(35)8-4-15/h1-8,18-21,34-35H,9-13,28H2,(H2,29,36)(H2,30,37)(H,31,38)(H,32,40)(H,33,39)(H,41,42). The molecule has 2 rings (SSSR count). The van der Waals surface area contributed by atoms with Gasteiger partial charge in [0.2, 0.25) is 29.5 Å². The van der Waals surface area contributed by atoms with Crippen LogP contribution in [-0.2, 0) is 41.6 Å². The van der Waals surface area contributed by atoms with Crippen molar-refractivity contribution in [1.82, 2.24) is 16.0 Å². The Labute approximate surface area is 240 Å². The molecule has 15 heteroatoms. The summed E-state index contributed by atoms with van der Waals surface area (Å²) in [5.41, 5.74) is 17.0. The largest absolute Gasteiger partial charge is 0.508 e. The van der Waals surface area contributed by atoms with Crippen molar-refractivity contribution in [3.05, 3.63) is 59.7 Å². The van der Waals surface area contributed by atoms with Crippen LogP contribution in [0.25, 0.3) is 0 Å². The number of aliphatic carboxylic acids is 1. The van der Waals surface area contributed by atoms with Gasteiger partial charge in [0.15, 0.2) is 0 Å². The first kappa shape index (κ1) is 33.0. The number of nitrogens with two attached hydrogens (primary N) is 3. The molecule has 0 aliphatic carbocycles. The van der Waals surface area contributed by atoms with Gasteiger partial charge in [0.1, 0.15) is 29.6 Å². The molecule has 226 valence electrons. The fourth-order valence-electron chi connectivity index (χ4n) is 3.81. The lowest BCUT2D eigenvalue weighted by Crippen LogP contribution is -2.58. The molecule has 2 aromatic carbocycles. The monoisotopic (exact) mass is 586 g/mol. The maximum atomic E-state index is 13.3. The summed E-state index contributed by atoms with van der Waals surface area (Å²) in [4.78, 5) is 73.6. The molecule has 0 spiro atoms. The molecule has 0 bridgehead atoms. The fourth-order valence-corrected chi connectivity index (χ4v) is 3.81. The van der Waals surface area contributed by atoms with Gasteiger partial charge in [-0.2, -0.15) is 0 Å². The van der Waals surface area contributed by atoms with Crippen molar-refractivity contribution < 1.29 is 44.1 Å². The second-order valence-electron chi connectivity index (χ2n) is 9.54. The molecule has 42 heavy (non-hydrogen) atoms. The van der Waals surface area contributed by atoms with E-state index >= 15 is 0 Å². The number of rotatable bonds is 16. The number of carboxylic acids is 1. The zero-order chi connectivity index (χ0) is 31.4. The SMILES string of the molecule is NC(=O)CCC(N)C(=O)NC(CC(N)=O)C(=O)NC(Cc1ccc(O)cc1)C(=O)NC(Cc1ccc(O)cc1)C(=O)O. The molecule has 0 heterocycles. The van der Waals surface area contributed by atoms with Gasteiger partial charge >= 0.3 is 5.97 Å². The molecule has 0 aliphatic heterocycles. The summed E-state index contributed by atoms with van der Waals surface area (Å²) >= 11 is 0. The van der Waals surface area contributed by atoms with Crippen molar-refractivity contribution in [2.45, 2.75) is 56.3 Å². The maximum Gasteiger partial charge on any atom is 0.326 e. The minimum Gasteiger partial charge on any atom is -0.508 e. The molecule has 2 aromatic rings. The molecule has 0 radical (unpaired) electrons. The second-order valence-corrected chi connectivity index (χ2v) is 9.54. The van der Waals surface area contributed by atoms with Gasteiger partial charge in [-0.1, -0.05) is 24.3 Å². The van der Waals surface area contributed by atoms with Crippen molar-refractivity contribution in [2.75, 3.05) is 0 Å². The van der Waals surface area contributed by atoms with Crippen molar-refractivity contribution in [1.29, 1.82) is 0 Å². The number of hydrogen-bond donors (Lipinski definition) is 9. The van der Waals surface area contributed by atoms with E-state index < -0.39 is 66.1 Å². The van der Waals surface area contributed by atoms with Crippen LogP contribution in [0.1, 0.15) is 30.4 Å². The minimum absolute atomic E-state index is 0.0298. The quantitative estimate of drug-likeness (QED) is 0.103. The highest BCUT2D eigenvalue weighted by molar-refractivity contribution is 5.96. The summed E-state index contributed by atoms with van der Waals surface area (Å²) in [6, 6.07) is 5.71. The topological polar surface area (TPSA) is 277 Å². The fraction of sp³-hybridized carbons (Fsp3) is 0.333. The van der Waals surface area contributed by atoms with E-state index in [0.29, 0.717) is 11.1 Å². The van der Waals surface area contributed by atoms with E-state index in [0.717, 1.165) is 0 Å². The lowest BCUT2D eigenvalue weighted by Gasteiger charge is -2.25. The van der Waals surface area contributed by atoms with E-state index in [1.54, 1.807) is 0 Å². The molecule has 12 N–H and O–H groups in total. The van der Waals surface area contributed by atoms with Crippen LogP contribution < -0.4 is 33.2 Å². The zero-order valence-electron chi connectivity index (χ0n) is 22.5. The Balaban J connectivity index is 2.27. The van der Waals surface area contributed by atoms with Crippen LogP contribution in [0.2, 0.25) is 0 Å². The normalized spacial score (nSPS) is 13.5. The molecule has 5 amide bonds. The van der Waals surface area contributed by atoms with Gasteiger partial charge in [-0.05, 0) is 41.8 Å². The third-order valence-corrected chi connectivity index (χ3v) is 6.08. The Hall–Kier alpha value is -5.18. The van der Waals surface area contributed by atoms with Crippen molar-refractivity contribution in [3.63, 3.8) is 0 Å². The van der Waals surface area contributed by atoms with Crippen molar-refractivity contribution in [2.24, 2.45) is 17.2 Å². The van der Waals surface area contributed by atoms with Crippen LogP contribution in [0.15, 0.2) is 48.5 Å². The number of carboxylic acid groups (broad SMARTS) is 1. The number of primary amides is 2. The molecule has 15 nitrogen and oxygen atoms in total. The number of hydrogen-bond acceptors (Lipinski definition) is 9. The van der Waals surface area contributed by atoms with Gasteiger partial charge in [0.25, 0.3) is 0 Å². The van der Waals surface area contributed by atoms with Gasteiger partial charge in [-0.15, -0.1) is 0 Å². The van der Waals surface area contributed by atoms with Gasteiger partial charge in [-0.25, -0.2) is 4.79 Å². The molecule has 0 aliphatic rings. The summed E-state index contributed by atoms with van der Waals surface area (Å²) in [6.45, 7) is 0. The van der Waals surface area contributed by atoms with E-state index in [4.69, 9.17) is 17.2 Å². The van der Waals surface area contributed by atoms with E-state index in [-0.39, 0.29) is 37.2 Å². The van der Waals surface area contributed by atoms with Crippen LogP contribution in [0.4, 0.5) is 0 Å². The Morgan fingerprint density at radius 1 is 0.643 bits per heavy atom. The molecular weight excluding hydrogens is 552 g/mol. The average molecular weight is 587 g/mol.